The quantitative estimate of drug-likeness (QED) is 0.602. The molecule has 0 aliphatic heterocycles. The number of benzene rings is 2. The number of carbonyl (C=O) groups excluding carboxylic acids is 1. The van der Waals surface area contributed by atoms with Gasteiger partial charge in [-0.05, 0) is 36.8 Å². The smallest absolute Gasteiger partial charge is 0.203 e. The minimum absolute atomic E-state index is 0.277. The van der Waals surface area contributed by atoms with E-state index in [1.165, 1.54) is 47.7 Å². The van der Waals surface area contributed by atoms with E-state index >= 15 is 0 Å². The van der Waals surface area contributed by atoms with Crippen LogP contribution in [0, 0.1) is 0 Å². The topological polar surface area (TPSA) is 92.7 Å². The fourth-order valence-corrected chi connectivity index (χ4v) is 2.88. The highest BCUT2D eigenvalue weighted by molar-refractivity contribution is 5.78. The van der Waals surface area contributed by atoms with E-state index in [1.807, 2.05) is 0 Å². The number of aliphatic hydroxyl groups is 1. The summed E-state index contributed by atoms with van der Waals surface area (Å²) in [5, 5.41) is 10.9. The minimum Gasteiger partial charge on any atom is -0.493 e. The molecule has 1 N–H and O–H groups in total. The molecular weight excluding hydrogens is 380 g/mol. The van der Waals surface area contributed by atoms with Gasteiger partial charge in [0.25, 0.3) is 0 Å². The highest BCUT2D eigenvalue weighted by atomic mass is 16.6. The lowest BCUT2D eigenvalue weighted by Crippen LogP contribution is -2.22. The standard InChI is InChI=1S/C21H26O8/c1-12(29-21-15(24-2)7-13(11-22)8-16(21)25-3)19(23)14-9-17(26-4)20(28-6)18(10-14)27-5/h7-12,19,23H,1-6H3/t12-,19+/m1/s1. The zero-order valence-electron chi connectivity index (χ0n) is 17.3. The molecule has 0 unspecified atom stereocenters. The van der Waals surface area contributed by atoms with Crippen LogP contribution in [0.25, 0.3) is 0 Å². The van der Waals surface area contributed by atoms with Gasteiger partial charge >= 0.3 is 0 Å². The Bertz CT molecular complexity index is 799. The van der Waals surface area contributed by atoms with Crippen LogP contribution in [0.5, 0.6) is 34.5 Å². The van der Waals surface area contributed by atoms with Gasteiger partial charge in [-0.15, -0.1) is 0 Å². The second kappa shape index (κ2) is 9.88. The summed E-state index contributed by atoms with van der Waals surface area (Å²) in [6.45, 7) is 1.69. The zero-order chi connectivity index (χ0) is 21.6. The van der Waals surface area contributed by atoms with E-state index < -0.39 is 12.2 Å². The molecule has 8 heteroatoms. The number of aliphatic hydroxyl groups excluding tert-OH is 1. The molecule has 2 atom stereocenters. The van der Waals surface area contributed by atoms with E-state index in [1.54, 1.807) is 19.1 Å². The molecule has 0 bridgehead atoms. The van der Waals surface area contributed by atoms with E-state index in [0.29, 0.717) is 46.2 Å². The van der Waals surface area contributed by atoms with Gasteiger partial charge < -0.3 is 33.5 Å². The van der Waals surface area contributed by atoms with Crippen molar-refractivity contribution in [2.75, 3.05) is 35.5 Å². The average molecular weight is 406 g/mol. The highest BCUT2D eigenvalue weighted by Gasteiger charge is 2.25. The molecule has 8 nitrogen and oxygen atoms in total. The molecule has 0 aliphatic rings. The Morgan fingerprint density at radius 3 is 1.59 bits per heavy atom. The Hall–Kier alpha value is -3.13. The van der Waals surface area contributed by atoms with Crippen molar-refractivity contribution in [2.45, 2.75) is 19.1 Å². The van der Waals surface area contributed by atoms with Crippen LogP contribution in [0.2, 0.25) is 0 Å². The largest absolute Gasteiger partial charge is 0.493 e. The van der Waals surface area contributed by atoms with Gasteiger partial charge in [0, 0.05) is 5.56 Å². The third kappa shape index (κ3) is 4.65. The summed E-state index contributed by atoms with van der Waals surface area (Å²) < 4.78 is 32.6. The van der Waals surface area contributed by atoms with E-state index in [2.05, 4.69) is 0 Å². The molecule has 0 aromatic heterocycles. The lowest BCUT2D eigenvalue weighted by atomic mass is 10.0. The van der Waals surface area contributed by atoms with Crippen LogP contribution < -0.4 is 28.4 Å². The normalized spacial score (nSPS) is 12.5. The Morgan fingerprint density at radius 2 is 1.21 bits per heavy atom. The monoisotopic (exact) mass is 406 g/mol. The summed E-state index contributed by atoms with van der Waals surface area (Å²) in [4.78, 5) is 11.1. The number of rotatable bonds is 10. The minimum atomic E-state index is -1.04. The molecule has 158 valence electrons. The van der Waals surface area contributed by atoms with Crippen LogP contribution in [0.1, 0.15) is 28.9 Å². The first-order chi connectivity index (χ1) is 13.9. The first-order valence-electron chi connectivity index (χ1n) is 8.79. The van der Waals surface area contributed by atoms with E-state index in [9.17, 15) is 9.90 Å². The Kier molecular flexibility index (Phi) is 7.55. The van der Waals surface area contributed by atoms with Crippen molar-refractivity contribution < 1.29 is 38.3 Å². The molecule has 0 amide bonds. The van der Waals surface area contributed by atoms with Crippen molar-refractivity contribution in [3.8, 4) is 34.5 Å². The summed E-state index contributed by atoms with van der Waals surface area (Å²) in [6.07, 6.45) is -1.06. The van der Waals surface area contributed by atoms with Crippen LogP contribution in [0.4, 0.5) is 0 Å². The number of ether oxygens (including phenoxy) is 6. The average Bonchev–Trinajstić information content (AvgIpc) is 2.76. The van der Waals surface area contributed by atoms with Gasteiger partial charge in [-0.2, -0.15) is 0 Å². The van der Waals surface area contributed by atoms with Crippen LogP contribution in [-0.2, 0) is 0 Å². The third-order valence-corrected chi connectivity index (χ3v) is 4.40. The second-order valence-corrected chi connectivity index (χ2v) is 6.10. The first kappa shape index (κ1) is 22.2. The molecule has 0 spiro atoms. The van der Waals surface area contributed by atoms with Crippen molar-refractivity contribution in [1.82, 2.24) is 0 Å². The number of carbonyl (C=O) groups is 1. The van der Waals surface area contributed by atoms with Gasteiger partial charge in [0.05, 0.1) is 35.5 Å². The molecule has 0 heterocycles. The molecular formula is C21H26O8. The predicted octanol–water partition coefficient (Wildman–Crippen LogP) is 3.04. The van der Waals surface area contributed by atoms with Gasteiger partial charge in [-0.25, -0.2) is 0 Å². The van der Waals surface area contributed by atoms with Crippen LogP contribution in [-0.4, -0.2) is 53.0 Å². The third-order valence-electron chi connectivity index (χ3n) is 4.40. The van der Waals surface area contributed by atoms with Crippen LogP contribution >= 0.6 is 0 Å². The van der Waals surface area contributed by atoms with Gasteiger partial charge in [0.1, 0.15) is 18.5 Å². The first-order valence-corrected chi connectivity index (χ1v) is 8.79. The van der Waals surface area contributed by atoms with Crippen molar-refractivity contribution in [1.29, 1.82) is 0 Å². The zero-order valence-corrected chi connectivity index (χ0v) is 17.3. The maximum Gasteiger partial charge on any atom is 0.203 e. The number of methoxy groups -OCH3 is 5. The number of aldehydes is 1. The van der Waals surface area contributed by atoms with E-state index in [-0.39, 0.29) is 5.75 Å². The lowest BCUT2D eigenvalue weighted by molar-refractivity contribution is 0.0431. The van der Waals surface area contributed by atoms with Crippen molar-refractivity contribution in [2.24, 2.45) is 0 Å². The predicted molar refractivity (Wildman–Crippen MR) is 106 cm³/mol. The Balaban J connectivity index is 2.39. The molecule has 0 radical (unpaired) electrons. The highest BCUT2D eigenvalue weighted by Crippen LogP contribution is 2.42. The molecule has 0 aliphatic carbocycles. The fraction of sp³-hybridized carbons (Fsp3) is 0.381. The summed E-state index contributed by atoms with van der Waals surface area (Å²) in [7, 11) is 7.41. The SMILES string of the molecule is COc1cc([C@@H](O)[C@@H](C)Oc2c(OC)cc(C=O)cc2OC)cc(OC)c1OC. The fourth-order valence-electron chi connectivity index (χ4n) is 2.88. The van der Waals surface area contributed by atoms with Crippen LogP contribution in [0.15, 0.2) is 24.3 Å². The summed E-state index contributed by atoms with van der Waals surface area (Å²) in [5.41, 5.74) is 0.887. The number of hydrogen-bond acceptors (Lipinski definition) is 8. The molecule has 0 saturated heterocycles. The summed E-state index contributed by atoms with van der Waals surface area (Å²) in [6, 6.07) is 6.36. The summed E-state index contributed by atoms with van der Waals surface area (Å²) >= 11 is 0. The van der Waals surface area contributed by atoms with Crippen molar-refractivity contribution in [3.63, 3.8) is 0 Å². The second-order valence-electron chi connectivity index (χ2n) is 6.10. The van der Waals surface area contributed by atoms with Crippen LogP contribution in [0.3, 0.4) is 0 Å². The van der Waals surface area contributed by atoms with Gasteiger partial charge in [-0.3, -0.25) is 4.79 Å². The van der Waals surface area contributed by atoms with E-state index in [0.717, 1.165) is 0 Å². The maximum atomic E-state index is 11.1. The molecule has 29 heavy (non-hydrogen) atoms. The molecule has 2 aromatic carbocycles. The molecule has 2 rings (SSSR count). The Morgan fingerprint density at radius 1 is 0.759 bits per heavy atom. The van der Waals surface area contributed by atoms with Gasteiger partial charge in [0.15, 0.2) is 23.0 Å². The van der Waals surface area contributed by atoms with E-state index in [4.69, 9.17) is 28.4 Å². The number of hydrogen-bond donors (Lipinski definition) is 1. The molecule has 0 fully saturated rings. The molecule has 2 aromatic rings. The van der Waals surface area contributed by atoms with Crippen molar-refractivity contribution >= 4 is 6.29 Å². The van der Waals surface area contributed by atoms with Crippen molar-refractivity contribution in [3.05, 3.63) is 35.4 Å². The summed E-state index contributed by atoms with van der Waals surface area (Å²) in [5.74, 6) is 2.16. The van der Waals surface area contributed by atoms with Gasteiger partial charge in [0.2, 0.25) is 11.5 Å². The molecule has 0 saturated carbocycles. The maximum absolute atomic E-state index is 11.1. The van der Waals surface area contributed by atoms with Gasteiger partial charge in [-0.1, -0.05) is 0 Å². The Labute approximate surface area is 169 Å². The lowest BCUT2D eigenvalue weighted by Gasteiger charge is -2.24.